The molecule has 2 rings (SSSR count). The van der Waals surface area contributed by atoms with Crippen LogP contribution in [0, 0.1) is 13.8 Å². The van der Waals surface area contributed by atoms with Gasteiger partial charge in [-0.3, -0.25) is 0 Å². The molecule has 6 heteroatoms. The topological polar surface area (TPSA) is 92.8 Å². The van der Waals surface area contributed by atoms with Gasteiger partial charge < -0.3 is 19.5 Å². The minimum atomic E-state index is -1.21. The zero-order chi connectivity index (χ0) is 14.2. The first-order chi connectivity index (χ1) is 8.95. The molecule has 1 heterocycles. The fourth-order valence-electron chi connectivity index (χ4n) is 1.83. The molecule has 2 aromatic rings. The molecule has 0 fully saturated rings. The number of ether oxygens (including phenoxy) is 1. The Balaban J connectivity index is 2.66. The number of phenols is 1. The van der Waals surface area contributed by atoms with Crippen LogP contribution in [0.3, 0.4) is 0 Å². The van der Waals surface area contributed by atoms with E-state index in [2.05, 4.69) is 5.16 Å². The van der Waals surface area contributed by atoms with Gasteiger partial charge in [-0.1, -0.05) is 5.16 Å². The minimum Gasteiger partial charge on any atom is -0.504 e. The fourth-order valence-corrected chi connectivity index (χ4v) is 1.83. The molecule has 2 N–H and O–H groups in total. The standard InChI is InChI=1S/C13H13NO5/c1-6-4-9(18-3)12(15)11(7(6)2)8-5-10(13(16)17)19-14-8/h4-5,15H,1-3H3,(H,16,17). The second-order valence-electron chi connectivity index (χ2n) is 4.13. The van der Waals surface area contributed by atoms with E-state index in [9.17, 15) is 9.90 Å². The summed E-state index contributed by atoms with van der Waals surface area (Å²) in [5, 5.41) is 22.6. The monoisotopic (exact) mass is 263 g/mol. The van der Waals surface area contributed by atoms with Crippen LogP contribution >= 0.6 is 0 Å². The van der Waals surface area contributed by atoms with Gasteiger partial charge in [0.25, 0.3) is 0 Å². The predicted molar refractivity (Wildman–Crippen MR) is 66.6 cm³/mol. The number of hydrogen-bond donors (Lipinski definition) is 2. The summed E-state index contributed by atoms with van der Waals surface area (Å²) in [6, 6.07) is 2.97. The number of aromatic nitrogens is 1. The SMILES string of the molecule is COc1cc(C)c(C)c(-c2cc(C(=O)O)on2)c1O. The van der Waals surface area contributed by atoms with E-state index < -0.39 is 5.97 Å². The van der Waals surface area contributed by atoms with Crippen LogP contribution in [-0.4, -0.2) is 28.4 Å². The Bertz CT molecular complexity index is 645. The Labute approximate surface area is 109 Å². The van der Waals surface area contributed by atoms with Crippen LogP contribution in [0.25, 0.3) is 11.3 Å². The lowest BCUT2D eigenvalue weighted by Crippen LogP contribution is -1.94. The molecule has 0 aliphatic heterocycles. The average molecular weight is 263 g/mol. The molecule has 0 aliphatic rings. The molecule has 0 spiro atoms. The maximum absolute atomic E-state index is 10.8. The summed E-state index contributed by atoms with van der Waals surface area (Å²) >= 11 is 0. The number of aromatic carboxylic acids is 1. The van der Waals surface area contributed by atoms with Crippen LogP contribution in [0.5, 0.6) is 11.5 Å². The molecule has 0 saturated carbocycles. The van der Waals surface area contributed by atoms with Crippen LogP contribution in [0.4, 0.5) is 0 Å². The molecular weight excluding hydrogens is 250 g/mol. The van der Waals surface area contributed by atoms with Crippen molar-refractivity contribution in [2.24, 2.45) is 0 Å². The van der Waals surface area contributed by atoms with Crippen molar-refractivity contribution in [3.8, 4) is 22.8 Å². The average Bonchev–Trinajstić information content (AvgIpc) is 2.83. The zero-order valence-corrected chi connectivity index (χ0v) is 10.7. The number of carboxylic acid groups (broad SMARTS) is 1. The normalized spacial score (nSPS) is 10.5. The first-order valence-electron chi connectivity index (χ1n) is 5.53. The van der Waals surface area contributed by atoms with E-state index in [1.807, 2.05) is 6.92 Å². The van der Waals surface area contributed by atoms with Gasteiger partial charge in [-0.15, -0.1) is 0 Å². The van der Waals surface area contributed by atoms with Crippen LogP contribution < -0.4 is 4.74 Å². The summed E-state index contributed by atoms with van der Waals surface area (Å²) in [7, 11) is 1.44. The van der Waals surface area contributed by atoms with Gasteiger partial charge in [-0.2, -0.15) is 0 Å². The van der Waals surface area contributed by atoms with Gasteiger partial charge in [0.05, 0.1) is 12.7 Å². The highest BCUT2D eigenvalue weighted by Crippen LogP contribution is 2.40. The number of carboxylic acids is 1. The lowest BCUT2D eigenvalue weighted by molar-refractivity contribution is 0.0652. The Hall–Kier alpha value is -2.50. The second kappa shape index (κ2) is 4.64. The van der Waals surface area contributed by atoms with Gasteiger partial charge >= 0.3 is 5.97 Å². The highest BCUT2D eigenvalue weighted by atomic mass is 16.5. The number of nitrogens with zero attached hydrogens (tertiary/aromatic N) is 1. The highest BCUT2D eigenvalue weighted by Gasteiger charge is 2.20. The van der Waals surface area contributed by atoms with Crippen molar-refractivity contribution in [1.82, 2.24) is 5.16 Å². The Kier molecular flexibility index (Phi) is 3.16. The van der Waals surface area contributed by atoms with Gasteiger partial charge in [0.15, 0.2) is 11.5 Å². The van der Waals surface area contributed by atoms with Crippen molar-refractivity contribution in [2.45, 2.75) is 13.8 Å². The molecule has 100 valence electrons. The van der Waals surface area contributed by atoms with Crippen LogP contribution in [0.2, 0.25) is 0 Å². The Morgan fingerprint density at radius 1 is 1.37 bits per heavy atom. The van der Waals surface area contributed by atoms with Crippen molar-refractivity contribution in [3.05, 3.63) is 29.0 Å². The van der Waals surface area contributed by atoms with E-state index in [1.54, 1.807) is 13.0 Å². The van der Waals surface area contributed by atoms with Crippen LogP contribution in [-0.2, 0) is 0 Å². The van der Waals surface area contributed by atoms with E-state index in [0.29, 0.717) is 11.3 Å². The number of methoxy groups -OCH3 is 1. The number of carbonyl (C=O) groups is 1. The van der Waals surface area contributed by atoms with Crippen molar-refractivity contribution >= 4 is 5.97 Å². The van der Waals surface area contributed by atoms with E-state index in [0.717, 1.165) is 11.1 Å². The first kappa shape index (κ1) is 12.9. The predicted octanol–water partition coefficient (Wildman–Crippen LogP) is 2.37. The lowest BCUT2D eigenvalue weighted by Gasteiger charge is -2.12. The summed E-state index contributed by atoms with van der Waals surface area (Å²) in [4.78, 5) is 10.8. The molecule has 1 aromatic carbocycles. The van der Waals surface area contributed by atoms with Crippen molar-refractivity contribution in [1.29, 1.82) is 0 Å². The third kappa shape index (κ3) is 2.12. The molecule has 0 aliphatic carbocycles. The minimum absolute atomic E-state index is 0.0872. The largest absolute Gasteiger partial charge is 0.504 e. The maximum atomic E-state index is 10.8. The van der Waals surface area contributed by atoms with Crippen molar-refractivity contribution in [3.63, 3.8) is 0 Å². The molecule has 6 nitrogen and oxygen atoms in total. The van der Waals surface area contributed by atoms with Gasteiger partial charge in [-0.05, 0) is 31.0 Å². The molecule has 0 bridgehead atoms. The maximum Gasteiger partial charge on any atom is 0.374 e. The molecule has 0 unspecified atom stereocenters. The molecular formula is C13H13NO5. The number of aromatic hydroxyl groups is 1. The van der Waals surface area contributed by atoms with Crippen molar-refractivity contribution in [2.75, 3.05) is 7.11 Å². The second-order valence-corrected chi connectivity index (χ2v) is 4.13. The van der Waals surface area contributed by atoms with E-state index in [1.165, 1.54) is 13.2 Å². The lowest BCUT2D eigenvalue weighted by atomic mass is 9.99. The molecule has 19 heavy (non-hydrogen) atoms. The summed E-state index contributed by atoms with van der Waals surface area (Å²) in [6.07, 6.45) is 0. The summed E-state index contributed by atoms with van der Waals surface area (Å²) in [5.74, 6) is -1.28. The number of hydrogen-bond acceptors (Lipinski definition) is 5. The smallest absolute Gasteiger partial charge is 0.374 e. The Morgan fingerprint density at radius 2 is 2.05 bits per heavy atom. The van der Waals surface area contributed by atoms with Gasteiger partial charge in [0.2, 0.25) is 5.76 Å². The summed E-state index contributed by atoms with van der Waals surface area (Å²) in [5.41, 5.74) is 2.34. The van der Waals surface area contributed by atoms with Gasteiger partial charge in [0, 0.05) is 6.07 Å². The Morgan fingerprint density at radius 3 is 2.58 bits per heavy atom. The number of phenolic OH excluding ortho intramolecular Hbond substituents is 1. The van der Waals surface area contributed by atoms with Gasteiger partial charge in [-0.25, -0.2) is 4.79 Å². The summed E-state index contributed by atoms with van der Waals surface area (Å²) < 4.78 is 9.77. The third-order valence-electron chi connectivity index (χ3n) is 2.98. The van der Waals surface area contributed by atoms with Gasteiger partial charge in [0.1, 0.15) is 5.69 Å². The number of rotatable bonds is 3. The molecule has 0 saturated heterocycles. The first-order valence-corrected chi connectivity index (χ1v) is 5.53. The molecule has 1 aromatic heterocycles. The zero-order valence-electron chi connectivity index (χ0n) is 10.7. The fraction of sp³-hybridized carbons (Fsp3) is 0.231. The molecule has 0 atom stereocenters. The number of benzene rings is 1. The molecule has 0 radical (unpaired) electrons. The van der Waals surface area contributed by atoms with E-state index >= 15 is 0 Å². The van der Waals surface area contributed by atoms with Crippen molar-refractivity contribution < 1.29 is 24.3 Å². The van der Waals surface area contributed by atoms with Crippen LogP contribution in [0.1, 0.15) is 21.7 Å². The quantitative estimate of drug-likeness (QED) is 0.883. The van der Waals surface area contributed by atoms with Crippen LogP contribution in [0.15, 0.2) is 16.7 Å². The molecule has 0 amide bonds. The third-order valence-corrected chi connectivity index (χ3v) is 2.98. The number of aryl methyl sites for hydroxylation is 1. The highest BCUT2D eigenvalue weighted by molar-refractivity contribution is 5.86. The van der Waals surface area contributed by atoms with E-state index in [4.69, 9.17) is 14.4 Å². The summed E-state index contributed by atoms with van der Waals surface area (Å²) in [6.45, 7) is 3.66. The van der Waals surface area contributed by atoms with E-state index in [-0.39, 0.29) is 17.2 Å².